The molecule has 23 heavy (non-hydrogen) atoms. The highest BCUT2D eigenvalue weighted by atomic mass is 16.5. The van der Waals surface area contributed by atoms with Crippen molar-refractivity contribution >= 4 is 5.91 Å². The lowest BCUT2D eigenvalue weighted by molar-refractivity contribution is 0.0718. The molecule has 6 nitrogen and oxygen atoms in total. The van der Waals surface area contributed by atoms with E-state index in [0.29, 0.717) is 17.7 Å². The Morgan fingerprint density at radius 3 is 2.83 bits per heavy atom. The first-order valence-electron chi connectivity index (χ1n) is 8.28. The topological polar surface area (TPSA) is 64.2 Å². The minimum atomic E-state index is 0.0460. The predicted molar refractivity (Wildman–Crippen MR) is 86.4 cm³/mol. The van der Waals surface area contributed by atoms with Gasteiger partial charge < -0.3 is 9.42 Å². The van der Waals surface area contributed by atoms with E-state index in [2.05, 4.69) is 23.2 Å². The van der Waals surface area contributed by atoms with E-state index in [0.717, 1.165) is 43.0 Å². The number of rotatable bonds is 4. The molecular formula is C17H24N4O2. The Kier molecular flexibility index (Phi) is 4.24. The van der Waals surface area contributed by atoms with E-state index in [1.165, 1.54) is 0 Å². The van der Waals surface area contributed by atoms with Crippen molar-refractivity contribution in [3.63, 3.8) is 0 Å². The third kappa shape index (κ3) is 2.90. The van der Waals surface area contributed by atoms with E-state index in [9.17, 15) is 4.79 Å². The molecule has 1 aliphatic rings. The van der Waals surface area contributed by atoms with Crippen LogP contribution in [-0.4, -0.2) is 38.3 Å². The average Bonchev–Trinajstić information content (AvgIpc) is 3.19. The first-order chi connectivity index (χ1) is 11.0. The lowest BCUT2D eigenvalue weighted by Gasteiger charge is -2.25. The van der Waals surface area contributed by atoms with E-state index in [1.807, 2.05) is 30.4 Å². The summed E-state index contributed by atoms with van der Waals surface area (Å²) in [6.45, 7) is 9.39. The normalized spacial score (nSPS) is 17.9. The van der Waals surface area contributed by atoms with Crippen molar-refractivity contribution in [2.24, 2.45) is 0 Å². The monoisotopic (exact) mass is 316 g/mol. The summed E-state index contributed by atoms with van der Waals surface area (Å²) >= 11 is 0. The minimum absolute atomic E-state index is 0.0460. The van der Waals surface area contributed by atoms with Crippen LogP contribution in [0.5, 0.6) is 0 Å². The summed E-state index contributed by atoms with van der Waals surface area (Å²) in [7, 11) is 0. The van der Waals surface area contributed by atoms with Crippen molar-refractivity contribution < 1.29 is 9.32 Å². The molecule has 124 valence electrons. The van der Waals surface area contributed by atoms with Crippen molar-refractivity contribution in [1.29, 1.82) is 0 Å². The van der Waals surface area contributed by atoms with Crippen molar-refractivity contribution in [2.45, 2.75) is 59.5 Å². The van der Waals surface area contributed by atoms with Crippen LogP contribution in [0, 0.1) is 20.8 Å². The second-order valence-electron chi connectivity index (χ2n) is 6.32. The molecule has 1 unspecified atom stereocenters. The average molecular weight is 316 g/mol. The number of carbonyl (C=O) groups excluding carboxylic acids is 1. The van der Waals surface area contributed by atoms with Crippen LogP contribution in [0.15, 0.2) is 10.6 Å². The molecule has 3 rings (SSSR count). The SMILES string of the molecule is CCc1noc(C)c1C(=O)N1CCCC1Cn1nc(C)cc1C. The molecule has 0 N–H and O–H groups in total. The lowest BCUT2D eigenvalue weighted by Crippen LogP contribution is -2.39. The van der Waals surface area contributed by atoms with Gasteiger partial charge in [0.2, 0.25) is 0 Å². The minimum Gasteiger partial charge on any atom is -0.361 e. The van der Waals surface area contributed by atoms with Crippen molar-refractivity contribution in [3.05, 3.63) is 34.5 Å². The zero-order chi connectivity index (χ0) is 16.6. The van der Waals surface area contributed by atoms with Gasteiger partial charge in [-0.25, -0.2) is 0 Å². The lowest BCUT2D eigenvalue weighted by atomic mass is 10.1. The molecule has 0 radical (unpaired) electrons. The Labute approximate surface area is 136 Å². The van der Waals surface area contributed by atoms with Gasteiger partial charge in [0.25, 0.3) is 5.91 Å². The van der Waals surface area contributed by atoms with Crippen LogP contribution < -0.4 is 0 Å². The number of aromatic nitrogens is 3. The molecule has 1 fully saturated rings. The highest BCUT2D eigenvalue weighted by Crippen LogP contribution is 2.25. The predicted octanol–water partition coefficient (Wildman–Crippen LogP) is 2.66. The third-order valence-electron chi connectivity index (χ3n) is 4.61. The molecule has 6 heteroatoms. The van der Waals surface area contributed by atoms with Gasteiger partial charge in [0.15, 0.2) is 0 Å². The molecule has 1 aliphatic heterocycles. The summed E-state index contributed by atoms with van der Waals surface area (Å²) in [5.74, 6) is 0.660. The van der Waals surface area contributed by atoms with Crippen LogP contribution in [0.4, 0.5) is 0 Å². The smallest absolute Gasteiger partial charge is 0.259 e. The number of hydrogen-bond acceptors (Lipinski definition) is 4. The molecule has 2 aromatic heterocycles. The van der Waals surface area contributed by atoms with Crippen molar-refractivity contribution in [2.75, 3.05) is 6.54 Å². The van der Waals surface area contributed by atoms with Gasteiger partial charge in [-0.3, -0.25) is 9.48 Å². The van der Waals surface area contributed by atoms with Crippen LogP contribution in [0.1, 0.15) is 53.0 Å². The number of hydrogen-bond donors (Lipinski definition) is 0. The maximum Gasteiger partial charge on any atom is 0.259 e. The van der Waals surface area contributed by atoms with E-state index >= 15 is 0 Å². The quantitative estimate of drug-likeness (QED) is 0.870. The molecule has 0 bridgehead atoms. The maximum atomic E-state index is 13.0. The van der Waals surface area contributed by atoms with Crippen molar-refractivity contribution in [3.8, 4) is 0 Å². The van der Waals surface area contributed by atoms with Crippen LogP contribution in [-0.2, 0) is 13.0 Å². The molecule has 1 atom stereocenters. The first-order valence-corrected chi connectivity index (χ1v) is 8.28. The molecule has 3 heterocycles. The zero-order valence-electron chi connectivity index (χ0n) is 14.3. The van der Waals surface area contributed by atoms with Gasteiger partial charge in [-0.05, 0) is 46.1 Å². The fourth-order valence-corrected chi connectivity index (χ4v) is 3.43. The summed E-state index contributed by atoms with van der Waals surface area (Å²) in [4.78, 5) is 15.0. The Morgan fingerprint density at radius 2 is 2.17 bits per heavy atom. The summed E-state index contributed by atoms with van der Waals surface area (Å²) < 4.78 is 7.23. The van der Waals surface area contributed by atoms with Gasteiger partial charge in [0, 0.05) is 12.2 Å². The fraction of sp³-hybridized carbons (Fsp3) is 0.588. The third-order valence-corrected chi connectivity index (χ3v) is 4.61. The van der Waals surface area contributed by atoms with Gasteiger partial charge in [-0.15, -0.1) is 0 Å². The van der Waals surface area contributed by atoms with E-state index in [4.69, 9.17) is 4.52 Å². The molecule has 1 amide bonds. The molecule has 2 aromatic rings. The fourth-order valence-electron chi connectivity index (χ4n) is 3.43. The number of aryl methyl sites for hydroxylation is 4. The van der Waals surface area contributed by atoms with Gasteiger partial charge in [0.1, 0.15) is 11.3 Å². The Bertz CT molecular complexity index is 716. The van der Waals surface area contributed by atoms with Crippen LogP contribution in [0.2, 0.25) is 0 Å². The highest BCUT2D eigenvalue weighted by molar-refractivity contribution is 5.96. The van der Waals surface area contributed by atoms with E-state index < -0.39 is 0 Å². The molecule has 0 saturated carbocycles. The highest BCUT2D eigenvalue weighted by Gasteiger charge is 2.33. The number of likely N-dealkylation sites (tertiary alicyclic amines) is 1. The van der Waals surface area contributed by atoms with Crippen LogP contribution >= 0.6 is 0 Å². The Morgan fingerprint density at radius 1 is 1.39 bits per heavy atom. The number of amides is 1. The molecule has 0 aliphatic carbocycles. The van der Waals surface area contributed by atoms with Crippen LogP contribution in [0.25, 0.3) is 0 Å². The molecule has 1 saturated heterocycles. The molecule has 0 aromatic carbocycles. The van der Waals surface area contributed by atoms with Crippen LogP contribution in [0.3, 0.4) is 0 Å². The first kappa shape index (κ1) is 15.8. The molecule has 0 spiro atoms. The molecular weight excluding hydrogens is 292 g/mol. The summed E-state index contributed by atoms with van der Waals surface area (Å²) in [6, 6.07) is 2.25. The Balaban J connectivity index is 1.82. The largest absolute Gasteiger partial charge is 0.361 e. The van der Waals surface area contributed by atoms with Gasteiger partial charge in [0.05, 0.1) is 24.0 Å². The number of carbonyl (C=O) groups is 1. The van der Waals surface area contributed by atoms with Gasteiger partial charge in [-0.1, -0.05) is 12.1 Å². The van der Waals surface area contributed by atoms with E-state index in [-0.39, 0.29) is 11.9 Å². The standard InChI is InChI=1S/C17H24N4O2/c1-5-15-16(13(4)23-19-15)17(22)20-8-6-7-14(20)10-21-12(3)9-11(2)18-21/h9,14H,5-8,10H2,1-4H3. The summed E-state index contributed by atoms with van der Waals surface area (Å²) in [5.41, 5.74) is 3.55. The van der Waals surface area contributed by atoms with E-state index in [1.54, 1.807) is 0 Å². The number of nitrogens with zero attached hydrogens (tertiary/aromatic N) is 4. The Hall–Kier alpha value is -2.11. The summed E-state index contributed by atoms with van der Waals surface area (Å²) in [5, 5.41) is 8.54. The zero-order valence-corrected chi connectivity index (χ0v) is 14.3. The van der Waals surface area contributed by atoms with Gasteiger partial charge in [-0.2, -0.15) is 5.10 Å². The van der Waals surface area contributed by atoms with Crippen molar-refractivity contribution in [1.82, 2.24) is 19.8 Å². The maximum absolute atomic E-state index is 13.0. The summed E-state index contributed by atoms with van der Waals surface area (Å²) in [6.07, 6.45) is 2.74. The second kappa shape index (κ2) is 6.18. The van der Waals surface area contributed by atoms with Gasteiger partial charge >= 0.3 is 0 Å². The second-order valence-corrected chi connectivity index (χ2v) is 6.32.